The van der Waals surface area contributed by atoms with Gasteiger partial charge in [0.15, 0.2) is 5.82 Å². The van der Waals surface area contributed by atoms with Gasteiger partial charge in [-0.05, 0) is 38.1 Å². The van der Waals surface area contributed by atoms with Crippen LogP contribution in [0.25, 0.3) is 22.3 Å². The van der Waals surface area contributed by atoms with Crippen molar-refractivity contribution >= 4 is 22.5 Å². The van der Waals surface area contributed by atoms with E-state index < -0.39 is 5.82 Å². The molecule has 0 fully saturated rings. The Bertz CT molecular complexity index is 795. The molecule has 3 rings (SSSR count). The molecule has 3 aromatic rings. The molecule has 0 aliphatic heterocycles. The van der Waals surface area contributed by atoms with Crippen molar-refractivity contribution in [3.63, 3.8) is 0 Å². The van der Waals surface area contributed by atoms with Crippen molar-refractivity contribution in [1.82, 2.24) is 9.97 Å². The Balaban J connectivity index is 2.27. The Labute approximate surface area is 121 Å². The van der Waals surface area contributed by atoms with Crippen LogP contribution in [0.2, 0.25) is 5.15 Å². The van der Waals surface area contributed by atoms with Gasteiger partial charge in [0.1, 0.15) is 11.0 Å². The van der Waals surface area contributed by atoms with Gasteiger partial charge < -0.3 is 0 Å². The van der Waals surface area contributed by atoms with Crippen molar-refractivity contribution < 1.29 is 4.39 Å². The average molecular weight is 287 g/mol. The van der Waals surface area contributed by atoms with Gasteiger partial charge in [-0.1, -0.05) is 34.9 Å². The van der Waals surface area contributed by atoms with E-state index in [1.807, 2.05) is 26.0 Å². The predicted molar refractivity (Wildman–Crippen MR) is 79.4 cm³/mol. The monoisotopic (exact) mass is 286 g/mol. The van der Waals surface area contributed by atoms with Gasteiger partial charge in [0.2, 0.25) is 0 Å². The molecule has 0 aliphatic rings. The molecule has 2 nitrogen and oxygen atoms in total. The molecule has 0 radical (unpaired) electrons. The van der Waals surface area contributed by atoms with Gasteiger partial charge in [0.25, 0.3) is 0 Å². The first-order valence-corrected chi connectivity index (χ1v) is 6.63. The summed E-state index contributed by atoms with van der Waals surface area (Å²) in [4.78, 5) is 8.64. The van der Waals surface area contributed by atoms with Crippen LogP contribution in [-0.2, 0) is 0 Å². The van der Waals surface area contributed by atoms with Crippen molar-refractivity contribution in [2.75, 3.05) is 0 Å². The van der Waals surface area contributed by atoms with Crippen LogP contribution in [0.1, 0.15) is 11.1 Å². The van der Waals surface area contributed by atoms with E-state index in [1.54, 1.807) is 12.1 Å². The molecule has 100 valence electrons. The van der Waals surface area contributed by atoms with Crippen molar-refractivity contribution in [2.24, 2.45) is 0 Å². The summed E-state index contributed by atoms with van der Waals surface area (Å²) >= 11 is 6.11. The second-order valence-corrected chi connectivity index (χ2v) is 5.21. The highest BCUT2D eigenvalue weighted by molar-refractivity contribution is 6.34. The van der Waals surface area contributed by atoms with Gasteiger partial charge in [-0.15, -0.1) is 0 Å². The summed E-state index contributed by atoms with van der Waals surface area (Å²) in [5.41, 5.74) is 3.65. The van der Waals surface area contributed by atoms with E-state index in [0.29, 0.717) is 11.3 Å². The zero-order valence-corrected chi connectivity index (χ0v) is 11.9. The van der Waals surface area contributed by atoms with E-state index in [2.05, 4.69) is 16.0 Å². The molecule has 0 saturated carbocycles. The molecule has 0 aliphatic carbocycles. The first-order valence-electron chi connectivity index (χ1n) is 6.25. The van der Waals surface area contributed by atoms with Gasteiger partial charge in [-0.25, -0.2) is 14.4 Å². The molecule has 20 heavy (non-hydrogen) atoms. The standard InChI is InChI=1S/C16H12ClFN2/c1-9-6-10(2)8-11(7-9)16-19-13-5-3-4-12(18)14(13)15(17)20-16/h3-8H,1-2H3. The Morgan fingerprint density at radius 3 is 2.40 bits per heavy atom. The molecule has 1 aromatic heterocycles. The minimum Gasteiger partial charge on any atom is -0.228 e. The number of hydrogen-bond donors (Lipinski definition) is 0. The van der Waals surface area contributed by atoms with Crippen molar-refractivity contribution in [2.45, 2.75) is 13.8 Å². The summed E-state index contributed by atoms with van der Waals surface area (Å²) in [6.07, 6.45) is 0. The Hall–Kier alpha value is -2.00. The Kier molecular flexibility index (Phi) is 3.14. The molecule has 0 N–H and O–H groups in total. The third-order valence-electron chi connectivity index (χ3n) is 3.11. The van der Waals surface area contributed by atoms with Gasteiger partial charge >= 0.3 is 0 Å². The number of nitrogens with zero attached hydrogens (tertiary/aromatic N) is 2. The summed E-state index contributed by atoms with van der Waals surface area (Å²) < 4.78 is 13.7. The number of fused-ring (bicyclic) bond motifs is 1. The molecule has 1 heterocycles. The minimum absolute atomic E-state index is 0.141. The summed E-state index contributed by atoms with van der Waals surface area (Å²) in [6, 6.07) is 10.8. The summed E-state index contributed by atoms with van der Waals surface area (Å²) in [5, 5.41) is 0.407. The fourth-order valence-corrected chi connectivity index (χ4v) is 2.60. The van der Waals surface area contributed by atoms with E-state index >= 15 is 0 Å². The highest BCUT2D eigenvalue weighted by Gasteiger charge is 2.11. The SMILES string of the molecule is Cc1cc(C)cc(-c2nc(Cl)c3c(F)cccc3n2)c1. The third kappa shape index (κ3) is 2.25. The number of benzene rings is 2. The van der Waals surface area contributed by atoms with Gasteiger partial charge in [0, 0.05) is 5.56 Å². The Morgan fingerprint density at radius 1 is 1.00 bits per heavy atom. The lowest BCUT2D eigenvalue weighted by molar-refractivity contribution is 0.639. The van der Waals surface area contributed by atoms with Crippen LogP contribution in [-0.4, -0.2) is 9.97 Å². The first kappa shape index (κ1) is 13.0. The maximum absolute atomic E-state index is 13.7. The third-order valence-corrected chi connectivity index (χ3v) is 3.38. The molecule has 0 atom stereocenters. The Morgan fingerprint density at radius 2 is 1.70 bits per heavy atom. The lowest BCUT2D eigenvalue weighted by Gasteiger charge is -2.07. The summed E-state index contributed by atoms with van der Waals surface area (Å²) in [7, 11) is 0. The topological polar surface area (TPSA) is 25.8 Å². The van der Waals surface area contributed by atoms with Crippen molar-refractivity contribution in [1.29, 1.82) is 0 Å². The highest BCUT2D eigenvalue weighted by Crippen LogP contribution is 2.27. The van der Waals surface area contributed by atoms with Gasteiger partial charge in [0.05, 0.1) is 10.9 Å². The second kappa shape index (κ2) is 4.84. The highest BCUT2D eigenvalue weighted by atomic mass is 35.5. The first-order chi connectivity index (χ1) is 9.54. The quantitative estimate of drug-likeness (QED) is 0.606. The summed E-state index contributed by atoms with van der Waals surface area (Å²) in [5.74, 6) is 0.111. The van der Waals surface area contributed by atoms with E-state index in [0.717, 1.165) is 16.7 Å². The van der Waals surface area contributed by atoms with Crippen molar-refractivity contribution in [3.05, 3.63) is 58.5 Å². The smallest absolute Gasteiger partial charge is 0.161 e. The number of aromatic nitrogens is 2. The van der Waals surface area contributed by atoms with Crippen LogP contribution in [0, 0.1) is 19.7 Å². The molecular formula is C16H12ClFN2. The molecule has 0 unspecified atom stereocenters. The van der Waals surface area contributed by atoms with Crippen LogP contribution >= 0.6 is 11.6 Å². The lowest BCUT2D eigenvalue weighted by Crippen LogP contribution is -1.94. The summed E-state index contributed by atoms with van der Waals surface area (Å²) in [6.45, 7) is 4.03. The molecule has 0 saturated heterocycles. The van der Waals surface area contributed by atoms with Crippen LogP contribution < -0.4 is 0 Å². The largest absolute Gasteiger partial charge is 0.228 e. The van der Waals surface area contributed by atoms with E-state index in [-0.39, 0.29) is 10.5 Å². The number of hydrogen-bond acceptors (Lipinski definition) is 2. The van der Waals surface area contributed by atoms with Gasteiger partial charge in [-0.3, -0.25) is 0 Å². The fourth-order valence-electron chi connectivity index (χ4n) is 2.33. The van der Waals surface area contributed by atoms with Crippen LogP contribution in [0.15, 0.2) is 36.4 Å². The zero-order valence-electron chi connectivity index (χ0n) is 11.1. The number of rotatable bonds is 1. The second-order valence-electron chi connectivity index (χ2n) is 4.85. The zero-order chi connectivity index (χ0) is 14.3. The molecule has 0 bridgehead atoms. The van der Waals surface area contributed by atoms with Crippen LogP contribution in [0.4, 0.5) is 4.39 Å². The number of halogens is 2. The molecule has 4 heteroatoms. The maximum atomic E-state index is 13.7. The predicted octanol–water partition coefficient (Wildman–Crippen LogP) is 4.71. The number of aryl methyl sites for hydroxylation is 2. The molecule has 0 amide bonds. The lowest BCUT2D eigenvalue weighted by atomic mass is 10.1. The fraction of sp³-hybridized carbons (Fsp3) is 0.125. The molecule has 0 spiro atoms. The molecule has 2 aromatic carbocycles. The average Bonchev–Trinajstić information content (AvgIpc) is 2.37. The van der Waals surface area contributed by atoms with Crippen LogP contribution in [0.3, 0.4) is 0 Å². The van der Waals surface area contributed by atoms with Crippen LogP contribution in [0.5, 0.6) is 0 Å². The maximum Gasteiger partial charge on any atom is 0.161 e. The normalized spacial score (nSPS) is 11.0. The van der Waals surface area contributed by atoms with E-state index in [9.17, 15) is 4.39 Å². The van der Waals surface area contributed by atoms with Gasteiger partial charge in [-0.2, -0.15) is 0 Å². The molecular weight excluding hydrogens is 275 g/mol. The minimum atomic E-state index is -0.403. The van der Waals surface area contributed by atoms with E-state index in [1.165, 1.54) is 6.07 Å². The van der Waals surface area contributed by atoms with E-state index in [4.69, 9.17) is 11.6 Å². The van der Waals surface area contributed by atoms with Crippen molar-refractivity contribution in [3.8, 4) is 11.4 Å².